The molecule has 26 heavy (non-hydrogen) atoms. The zero-order valence-electron chi connectivity index (χ0n) is 14.8. The summed E-state index contributed by atoms with van der Waals surface area (Å²) in [5.41, 5.74) is 3.18. The second-order valence-corrected chi connectivity index (χ2v) is 7.97. The van der Waals surface area contributed by atoms with Gasteiger partial charge in [-0.25, -0.2) is 0 Å². The molecule has 2 heterocycles. The van der Waals surface area contributed by atoms with Crippen molar-refractivity contribution in [2.75, 3.05) is 5.75 Å². The number of hydrogen-bond acceptors (Lipinski definition) is 7. The summed E-state index contributed by atoms with van der Waals surface area (Å²) in [5, 5.41) is 20.2. The average Bonchev–Trinajstić information content (AvgIpc) is 3.05. The SMILES string of the molecule is CC[C@@H](Sc1nncn1C)C(=O)NC1=NN=C(c2ccc(C)cc2)CS1. The number of rotatable bonds is 5. The smallest absolute Gasteiger partial charge is 0.239 e. The maximum atomic E-state index is 12.5. The summed E-state index contributed by atoms with van der Waals surface area (Å²) in [5.74, 6) is 0.579. The molecule has 136 valence electrons. The van der Waals surface area contributed by atoms with E-state index in [1.165, 1.54) is 29.1 Å². The first-order valence-electron chi connectivity index (χ1n) is 8.22. The van der Waals surface area contributed by atoms with E-state index in [-0.39, 0.29) is 11.2 Å². The number of amidine groups is 1. The van der Waals surface area contributed by atoms with E-state index in [2.05, 4.69) is 44.8 Å². The molecule has 3 rings (SSSR count). The lowest BCUT2D eigenvalue weighted by Gasteiger charge is -2.16. The Morgan fingerprint density at radius 3 is 2.69 bits per heavy atom. The summed E-state index contributed by atoms with van der Waals surface area (Å²) >= 11 is 2.88. The van der Waals surface area contributed by atoms with E-state index in [9.17, 15) is 4.79 Å². The lowest BCUT2D eigenvalue weighted by atomic mass is 10.1. The van der Waals surface area contributed by atoms with E-state index >= 15 is 0 Å². The van der Waals surface area contributed by atoms with Crippen molar-refractivity contribution in [3.05, 3.63) is 41.7 Å². The van der Waals surface area contributed by atoms with Crippen LogP contribution in [0.2, 0.25) is 0 Å². The van der Waals surface area contributed by atoms with Crippen LogP contribution in [-0.2, 0) is 11.8 Å². The second kappa shape index (κ2) is 8.50. The fourth-order valence-corrected chi connectivity index (χ4v) is 3.93. The van der Waals surface area contributed by atoms with E-state index in [0.29, 0.717) is 22.5 Å². The molecule has 1 atom stereocenters. The third kappa shape index (κ3) is 4.53. The highest BCUT2D eigenvalue weighted by molar-refractivity contribution is 8.14. The zero-order chi connectivity index (χ0) is 18.5. The number of carbonyl (C=O) groups is 1. The van der Waals surface area contributed by atoms with Crippen LogP contribution in [0.3, 0.4) is 0 Å². The van der Waals surface area contributed by atoms with Crippen LogP contribution in [0.25, 0.3) is 0 Å². The molecule has 7 nitrogen and oxygen atoms in total. The molecule has 2 aromatic rings. The van der Waals surface area contributed by atoms with E-state index in [1.807, 2.05) is 26.1 Å². The van der Waals surface area contributed by atoms with Crippen LogP contribution in [0.1, 0.15) is 24.5 Å². The van der Waals surface area contributed by atoms with Gasteiger partial charge in [0.2, 0.25) is 5.91 Å². The number of amides is 1. The third-order valence-corrected chi connectivity index (χ3v) is 6.09. The molecular formula is C17H20N6OS2. The van der Waals surface area contributed by atoms with Gasteiger partial charge in [-0.2, -0.15) is 5.10 Å². The van der Waals surface area contributed by atoms with Crippen molar-refractivity contribution in [2.45, 2.75) is 30.7 Å². The quantitative estimate of drug-likeness (QED) is 0.796. The largest absolute Gasteiger partial charge is 0.312 e. The molecule has 0 aliphatic carbocycles. The zero-order valence-corrected chi connectivity index (χ0v) is 16.5. The molecule has 0 spiro atoms. The van der Waals surface area contributed by atoms with Crippen molar-refractivity contribution < 1.29 is 4.79 Å². The minimum Gasteiger partial charge on any atom is -0.312 e. The Bertz CT molecular complexity index is 843. The van der Waals surface area contributed by atoms with Crippen LogP contribution in [0, 0.1) is 6.92 Å². The van der Waals surface area contributed by atoms with Crippen LogP contribution in [-0.4, -0.2) is 42.6 Å². The maximum absolute atomic E-state index is 12.5. The van der Waals surface area contributed by atoms with Crippen molar-refractivity contribution in [1.29, 1.82) is 0 Å². The molecule has 1 aliphatic heterocycles. The molecule has 1 N–H and O–H groups in total. The fourth-order valence-electron chi connectivity index (χ4n) is 2.26. The van der Waals surface area contributed by atoms with Gasteiger partial charge in [0, 0.05) is 12.8 Å². The minimum absolute atomic E-state index is 0.0965. The predicted molar refractivity (Wildman–Crippen MR) is 107 cm³/mol. The normalized spacial score (nSPS) is 15.2. The first-order chi connectivity index (χ1) is 12.6. The lowest BCUT2D eigenvalue weighted by Crippen LogP contribution is -2.37. The maximum Gasteiger partial charge on any atom is 0.239 e. The van der Waals surface area contributed by atoms with Crippen LogP contribution >= 0.6 is 23.5 Å². The highest BCUT2D eigenvalue weighted by Gasteiger charge is 2.23. The van der Waals surface area contributed by atoms with Gasteiger partial charge in [0.25, 0.3) is 0 Å². The van der Waals surface area contributed by atoms with Gasteiger partial charge >= 0.3 is 0 Å². The van der Waals surface area contributed by atoms with Gasteiger partial charge in [0.05, 0.1) is 11.0 Å². The van der Waals surface area contributed by atoms with Crippen molar-refractivity contribution in [3.63, 3.8) is 0 Å². The summed E-state index contributed by atoms with van der Waals surface area (Å²) in [6.45, 7) is 4.02. The molecule has 0 saturated carbocycles. The van der Waals surface area contributed by atoms with Gasteiger partial charge in [-0.15, -0.1) is 15.3 Å². The van der Waals surface area contributed by atoms with Crippen molar-refractivity contribution in [2.24, 2.45) is 17.3 Å². The Balaban J connectivity index is 1.63. The lowest BCUT2D eigenvalue weighted by molar-refractivity contribution is -0.119. The van der Waals surface area contributed by atoms with Crippen LogP contribution < -0.4 is 5.32 Å². The summed E-state index contributed by atoms with van der Waals surface area (Å²) in [6.07, 6.45) is 2.30. The molecule has 0 bridgehead atoms. The molecule has 1 aliphatic rings. The van der Waals surface area contributed by atoms with E-state index in [4.69, 9.17) is 0 Å². The van der Waals surface area contributed by atoms with Gasteiger partial charge in [0.1, 0.15) is 6.33 Å². The van der Waals surface area contributed by atoms with E-state index in [1.54, 1.807) is 10.9 Å². The molecule has 0 unspecified atom stereocenters. The Morgan fingerprint density at radius 2 is 2.12 bits per heavy atom. The van der Waals surface area contributed by atoms with Gasteiger partial charge in [-0.05, 0) is 18.9 Å². The Morgan fingerprint density at radius 1 is 1.35 bits per heavy atom. The van der Waals surface area contributed by atoms with Gasteiger partial charge in [-0.1, -0.05) is 60.3 Å². The fraction of sp³-hybridized carbons (Fsp3) is 0.353. The number of nitrogens with one attached hydrogen (secondary N) is 1. The first kappa shape index (κ1) is 18.7. The van der Waals surface area contributed by atoms with Gasteiger partial charge < -0.3 is 9.88 Å². The van der Waals surface area contributed by atoms with Crippen molar-refractivity contribution >= 4 is 40.3 Å². The van der Waals surface area contributed by atoms with E-state index < -0.39 is 0 Å². The standard InChI is InChI=1S/C17H20N6OS2/c1-4-14(26-17-22-18-10-23(17)3)15(24)19-16-21-20-13(9-25-16)12-7-5-11(2)6-8-12/h5-8,10,14H,4,9H2,1-3H3,(H,19,21,24)/t14-/m1/s1. The molecular weight excluding hydrogens is 368 g/mol. The first-order valence-corrected chi connectivity index (χ1v) is 10.1. The summed E-state index contributed by atoms with van der Waals surface area (Å²) in [6, 6.07) is 8.19. The number of nitrogens with zero attached hydrogens (tertiary/aromatic N) is 5. The molecule has 0 saturated heterocycles. The number of benzene rings is 1. The van der Waals surface area contributed by atoms with Gasteiger partial charge in [-0.3, -0.25) is 4.79 Å². The Labute approximate surface area is 160 Å². The average molecular weight is 389 g/mol. The number of aryl methyl sites for hydroxylation is 2. The molecule has 1 aromatic carbocycles. The highest BCUT2D eigenvalue weighted by atomic mass is 32.2. The van der Waals surface area contributed by atoms with E-state index in [0.717, 1.165) is 11.3 Å². The number of thioether (sulfide) groups is 2. The molecule has 0 radical (unpaired) electrons. The van der Waals surface area contributed by atoms with Crippen LogP contribution in [0.4, 0.5) is 0 Å². The number of aromatic nitrogens is 3. The Hall–Kier alpha value is -2.13. The van der Waals surface area contributed by atoms with Crippen LogP contribution in [0.15, 0.2) is 46.0 Å². The van der Waals surface area contributed by atoms with Crippen molar-refractivity contribution in [3.8, 4) is 0 Å². The summed E-state index contributed by atoms with van der Waals surface area (Å²) < 4.78 is 1.80. The number of carbonyl (C=O) groups excluding carboxylic acids is 1. The molecule has 1 amide bonds. The summed E-state index contributed by atoms with van der Waals surface area (Å²) in [7, 11) is 1.86. The topological polar surface area (TPSA) is 84.5 Å². The third-order valence-electron chi connectivity index (χ3n) is 3.80. The monoisotopic (exact) mass is 388 g/mol. The highest BCUT2D eigenvalue weighted by Crippen LogP contribution is 2.23. The van der Waals surface area contributed by atoms with Crippen molar-refractivity contribution in [1.82, 2.24) is 20.1 Å². The predicted octanol–water partition coefficient (Wildman–Crippen LogP) is 2.62. The summed E-state index contributed by atoms with van der Waals surface area (Å²) in [4.78, 5) is 12.5. The number of hydrogen-bond donors (Lipinski definition) is 1. The molecule has 9 heteroatoms. The molecule has 1 aromatic heterocycles. The van der Waals surface area contributed by atoms with Crippen LogP contribution in [0.5, 0.6) is 0 Å². The second-order valence-electron chi connectivity index (χ2n) is 5.83. The Kier molecular flexibility index (Phi) is 6.10. The minimum atomic E-state index is -0.260. The molecule has 0 fully saturated rings. The van der Waals surface area contributed by atoms with Gasteiger partial charge in [0.15, 0.2) is 10.3 Å².